The maximum atomic E-state index is 12.6. The maximum Gasteiger partial charge on any atom is 0.336 e. The number of aliphatic hydroxyl groups is 1. The van der Waals surface area contributed by atoms with E-state index in [0.717, 1.165) is 11.8 Å². The van der Waals surface area contributed by atoms with Gasteiger partial charge in [0.1, 0.15) is 30.0 Å². The second-order valence-electron chi connectivity index (χ2n) is 9.27. The van der Waals surface area contributed by atoms with Crippen molar-refractivity contribution >= 4 is 46.5 Å². The van der Waals surface area contributed by atoms with Gasteiger partial charge in [-0.1, -0.05) is 0 Å². The van der Waals surface area contributed by atoms with Crippen LogP contribution in [0.25, 0.3) is 11.0 Å². The fraction of sp³-hybridized carbons (Fsp3) is 0.480. The van der Waals surface area contributed by atoms with Gasteiger partial charge in [0.25, 0.3) is 0 Å². The summed E-state index contributed by atoms with van der Waals surface area (Å²) in [4.78, 5) is 58.6. The summed E-state index contributed by atoms with van der Waals surface area (Å²) in [5, 5.41) is 34.3. The molecule has 0 bridgehead atoms. The van der Waals surface area contributed by atoms with Crippen molar-refractivity contribution in [3.63, 3.8) is 0 Å². The van der Waals surface area contributed by atoms with Gasteiger partial charge < -0.3 is 40.8 Å². The third kappa shape index (κ3) is 9.26. The first-order valence-corrected chi connectivity index (χ1v) is 12.9. The largest absolute Gasteiger partial charge is 0.496 e. The Morgan fingerprint density at radius 1 is 1.15 bits per heavy atom. The molecular weight excluding hydrogens is 534 g/mol. The second-order valence-corrected chi connectivity index (χ2v) is 10.9. The standard InChI is InChI=1S/C25H33N3O10S/c1-25(2,18(29)10-14-17(37-3)7-4-13-5-9-21(33)38-22(13)14)39-12-16(23(34)27-11-20(31)32)28-19(30)8-6-15(26)24(35)36/h4-5,7,9,15-16,18,29H,6,8,10-12,26H2,1-3H3,(H,27,34)(H,28,30)(H,31,32)(H,35,36). The molecule has 13 nitrogen and oxygen atoms in total. The van der Waals surface area contributed by atoms with Crippen LogP contribution in [0.5, 0.6) is 5.75 Å². The van der Waals surface area contributed by atoms with Crippen LogP contribution in [-0.2, 0) is 25.6 Å². The topological polar surface area (TPSA) is 218 Å². The van der Waals surface area contributed by atoms with Crippen LogP contribution >= 0.6 is 11.8 Å². The Morgan fingerprint density at radius 2 is 1.82 bits per heavy atom. The molecule has 14 heteroatoms. The summed E-state index contributed by atoms with van der Waals surface area (Å²) in [5.74, 6) is -3.59. The number of nitrogens with two attached hydrogens (primary N) is 1. The number of nitrogens with one attached hydrogen (secondary N) is 2. The number of carboxylic acid groups (broad SMARTS) is 2. The number of benzene rings is 1. The highest BCUT2D eigenvalue weighted by Gasteiger charge is 2.33. The van der Waals surface area contributed by atoms with Crippen molar-refractivity contribution in [2.45, 2.75) is 56.0 Å². The smallest absolute Gasteiger partial charge is 0.336 e. The number of ether oxygens (including phenoxy) is 1. The van der Waals surface area contributed by atoms with Crippen molar-refractivity contribution < 1.29 is 43.7 Å². The Kier molecular flexibility index (Phi) is 11.3. The summed E-state index contributed by atoms with van der Waals surface area (Å²) >= 11 is 1.15. The second kappa shape index (κ2) is 14.0. The molecule has 0 radical (unpaired) electrons. The van der Waals surface area contributed by atoms with E-state index in [0.29, 0.717) is 16.7 Å². The number of amides is 2. The van der Waals surface area contributed by atoms with Crippen molar-refractivity contribution in [3.8, 4) is 5.75 Å². The van der Waals surface area contributed by atoms with E-state index in [2.05, 4.69) is 10.6 Å². The number of hydrogen-bond acceptors (Lipinski definition) is 10. The van der Waals surface area contributed by atoms with Crippen molar-refractivity contribution in [1.29, 1.82) is 0 Å². The van der Waals surface area contributed by atoms with Gasteiger partial charge in [-0.15, -0.1) is 0 Å². The van der Waals surface area contributed by atoms with E-state index in [1.807, 2.05) is 0 Å². The van der Waals surface area contributed by atoms with Crippen LogP contribution in [0.4, 0.5) is 0 Å². The molecule has 1 heterocycles. The zero-order valence-electron chi connectivity index (χ0n) is 21.8. The van der Waals surface area contributed by atoms with Crippen LogP contribution in [0.3, 0.4) is 0 Å². The van der Waals surface area contributed by atoms with E-state index in [4.69, 9.17) is 25.1 Å². The molecule has 0 fully saturated rings. The molecule has 0 saturated carbocycles. The Balaban J connectivity index is 2.18. The van der Waals surface area contributed by atoms with Crippen LogP contribution in [0, 0.1) is 0 Å². The van der Waals surface area contributed by atoms with Crippen LogP contribution < -0.4 is 26.7 Å². The molecule has 0 saturated heterocycles. The number of rotatable bonds is 15. The maximum absolute atomic E-state index is 12.6. The summed E-state index contributed by atoms with van der Waals surface area (Å²) in [6.45, 7) is 2.77. The minimum Gasteiger partial charge on any atom is -0.496 e. The highest BCUT2D eigenvalue weighted by Crippen LogP contribution is 2.35. The molecule has 3 atom stereocenters. The van der Waals surface area contributed by atoms with Gasteiger partial charge in [0.15, 0.2) is 0 Å². The van der Waals surface area contributed by atoms with Gasteiger partial charge in [-0.25, -0.2) is 4.79 Å². The first-order valence-electron chi connectivity index (χ1n) is 11.9. The molecule has 0 aliphatic carbocycles. The molecule has 2 aromatic rings. The first kappa shape index (κ1) is 31.6. The molecule has 3 unspecified atom stereocenters. The SMILES string of the molecule is COc1ccc2ccc(=O)oc2c1CC(O)C(C)(C)SCC(NC(=O)CCC(N)C(=O)O)C(=O)NCC(=O)O. The van der Waals surface area contributed by atoms with E-state index in [1.165, 1.54) is 13.2 Å². The number of thioether (sulfide) groups is 1. The van der Waals surface area contributed by atoms with Gasteiger partial charge in [0, 0.05) is 40.4 Å². The summed E-state index contributed by atoms with van der Waals surface area (Å²) < 4.78 is 9.87. The number of hydrogen-bond donors (Lipinski definition) is 6. The predicted octanol–water partition coefficient (Wildman–Crippen LogP) is 0.0945. The van der Waals surface area contributed by atoms with Crippen LogP contribution in [0.1, 0.15) is 32.3 Å². The summed E-state index contributed by atoms with van der Waals surface area (Å²) in [6.07, 6.45) is -1.44. The molecule has 0 aliphatic rings. The molecule has 0 spiro atoms. The fourth-order valence-corrected chi connectivity index (χ4v) is 4.64. The van der Waals surface area contributed by atoms with E-state index >= 15 is 0 Å². The summed E-state index contributed by atoms with van der Waals surface area (Å²) in [5.41, 5.74) is 5.62. The quantitative estimate of drug-likeness (QED) is 0.158. The Bertz CT molecular complexity index is 1260. The molecule has 0 aliphatic heterocycles. The lowest BCUT2D eigenvalue weighted by molar-refractivity contribution is -0.139. The van der Waals surface area contributed by atoms with Crippen LogP contribution in [0.2, 0.25) is 0 Å². The Morgan fingerprint density at radius 3 is 2.44 bits per heavy atom. The van der Waals surface area contributed by atoms with Gasteiger partial charge >= 0.3 is 17.6 Å². The van der Waals surface area contributed by atoms with Gasteiger partial charge in [-0.2, -0.15) is 11.8 Å². The highest BCUT2D eigenvalue weighted by molar-refractivity contribution is 8.00. The van der Waals surface area contributed by atoms with E-state index in [-0.39, 0.29) is 30.6 Å². The molecular formula is C25H33N3O10S. The Labute approximate surface area is 228 Å². The molecule has 1 aromatic carbocycles. The fourth-order valence-electron chi connectivity index (χ4n) is 3.54. The summed E-state index contributed by atoms with van der Waals surface area (Å²) in [6, 6.07) is 3.86. The van der Waals surface area contributed by atoms with Crippen LogP contribution in [-0.4, -0.2) is 81.4 Å². The number of aliphatic hydroxyl groups excluding tert-OH is 1. The van der Waals surface area contributed by atoms with Gasteiger partial charge in [-0.05, 0) is 38.5 Å². The average Bonchev–Trinajstić information content (AvgIpc) is 2.88. The third-order valence-electron chi connectivity index (χ3n) is 5.96. The summed E-state index contributed by atoms with van der Waals surface area (Å²) in [7, 11) is 1.45. The lowest BCUT2D eigenvalue weighted by Crippen LogP contribution is -2.50. The van der Waals surface area contributed by atoms with E-state index < -0.39 is 58.9 Å². The lowest BCUT2D eigenvalue weighted by atomic mass is 9.96. The predicted molar refractivity (Wildman–Crippen MR) is 143 cm³/mol. The van der Waals surface area contributed by atoms with Gasteiger partial charge in [0.2, 0.25) is 11.8 Å². The Hall–Kier alpha value is -3.62. The molecule has 1 aromatic heterocycles. The normalized spacial score (nSPS) is 13.8. The number of fused-ring (bicyclic) bond motifs is 1. The molecule has 39 heavy (non-hydrogen) atoms. The minimum atomic E-state index is -1.28. The first-order chi connectivity index (χ1) is 18.2. The number of carbonyl (C=O) groups excluding carboxylic acids is 2. The molecule has 214 valence electrons. The molecule has 7 N–H and O–H groups in total. The molecule has 2 rings (SSSR count). The number of aliphatic carboxylic acids is 2. The van der Waals surface area contributed by atoms with Gasteiger partial charge in [-0.3, -0.25) is 19.2 Å². The highest BCUT2D eigenvalue weighted by atomic mass is 32.2. The minimum absolute atomic E-state index is 0.0305. The third-order valence-corrected chi connectivity index (χ3v) is 7.47. The molecule has 2 amide bonds. The zero-order valence-corrected chi connectivity index (χ0v) is 22.6. The number of carboxylic acids is 2. The van der Waals surface area contributed by atoms with Crippen molar-refractivity contribution in [1.82, 2.24) is 10.6 Å². The zero-order chi connectivity index (χ0) is 29.3. The van der Waals surface area contributed by atoms with E-state index in [1.54, 1.807) is 32.0 Å². The van der Waals surface area contributed by atoms with Gasteiger partial charge in [0.05, 0.1) is 13.2 Å². The van der Waals surface area contributed by atoms with Crippen LogP contribution in [0.15, 0.2) is 33.5 Å². The lowest BCUT2D eigenvalue weighted by Gasteiger charge is -2.32. The van der Waals surface area contributed by atoms with Crippen molar-refractivity contribution in [3.05, 3.63) is 40.2 Å². The monoisotopic (exact) mass is 567 g/mol. The van der Waals surface area contributed by atoms with Crippen molar-refractivity contribution in [2.75, 3.05) is 19.4 Å². The number of carbonyl (C=O) groups is 4. The average molecular weight is 568 g/mol. The number of methoxy groups -OCH3 is 1. The van der Waals surface area contributed by atoms with Crippen molar-refractivity contribution in [2.24, 2.45) is 5.73 Å². The van der Waals surface area contributed by atoms with E-state index in [9.17, 15) is 29.1 Å².